The molecule has 0 fully saturated rings. The highest BCUT2D eigenvalue weighted by atomic mass is 32.1. The van der Waals surface area contributed by atoms with Gasteiger partial charge in [-0.3, -0.25) is 10.1 Å². The number of carbonyl (C=O) groups excluding carboxylic acids is 1. The summed E-state index contributed by atoms with van der Waals surface area (Å²) in [5.74, 6) is -0.000221. The van der Waals surface area contributed by atoms with Crippen molar-refractivity contribution in [2.45, 2.75) is 13.8 Å². The molecular formula is C23H18FN7OS. The summed E-state index contributed by atoms with van der Waals surface area (Å²) in [6, 6.07) is 15.0. The maximum absolute atomic E-state index is 13.2. The molecule has 5 rings (SSSR count). The highest BCUT2D eigenvalue weighted by Crippen LogP contribution is 2.26. The molecule has 0 unspecified atom stereocenters. The van der Waals surface area contributed by atoms with Crippen LogP contribution in [0.4, 0.5) is 22.0 Å². The molecule has 164 valence electrons. The number of anilines is 3. The number of aromatic nitrogens is 5. The van der Waals surface area contributed by atoms with Crippen molar-refractivity contribution in [2.75, 3.05) is 10.6 Å². The van der Waals surface area contributed by atoms with Gasteiger partial charge in [0.25, 0.3) is 11.9 Å². The van der Waals surface area contributed by atoms with Crippen molar-refractivity contribution in [1.82, 2.24) is 24.6 Å². The number of amides is 1. The number of rotatable bonds is 5. The van der Waals surface area contributed by atoms with Crippen LogP contribution in [0.15, 0.2) is 60.0 Å². The second-order valence-corrected chi connectivity index (χ2v) is 8.23. The summed E-state index contributed by atoms with van der Waals surface area (Å²) in [5.41, 5.74) is 4.39. The van der Waals surface area contributed by atoms with Crippen LogP contribution in [-0.4, -0.2) is 30.5 Å². The van der Waals surface area contributed by atoms with Gasteiger partial charge in [-0.2, -0.15) is 4.98 Å². The predicted molar refractivity (Wildman–Crippen MR) is 125 cm³/mol. The Morgan fingerprint density at radius 2 is 1.73 bits per heavy atom. The van der Waals surface area contributed by atoms with E-state index in [-0.39, 0.29) is 17.7 Å². The highest BCUT2D eigenvalue weighted by Gasteiger charge is 2.15. The Morgan fingerprint density at radius 1 is 0.970 bits per heavy atom. The molecule has 10 heteroatoms. The number of carbonyl (C=O) groups is 1. The number of thiazole rings is 1. The van der Waals surface area contributed by atoms with Crippen molar-refractivity contribution in [3.8, 4) is 11.3 Å². The number of fused-ring (bicyclic) bond motifs is 1. The minimum absolute atomic E-state index is 0.186. The van der Waals surface area contributed by atoms with Gasteiger partial charge in [0.05, 0.1) is 5.69 Å². The van der Waals surface area contributed by atoms with E-state index < -0.39 is 0 Å². The van der Waals surface area contributed by atoms with E-state index in [1.807, 2.05) is 31.4 Å². The normalized spacial score (nSPS) is 11.0. The van der Waals surface area contributed by atoms with E-state index >= 15 is 0 Å². The van der Waals surface area contributed by atoms with Gasteiger partial charge in [-0.1, -0.05) is 6.07 Å². The highest BCUT2D eigenvalue weighted by molar-refractivity contribution is 7.15. The molecule has 0 radical (unpaired) electrons. The molecule has 5 aromatic rings. The molecule has 2 aromatic carbocycles. The number of halogens is 1. The van der Waals surface area contributed by atoms with Crippen LogP contribution < -0.4 is 10.6 Å². The maximum atomic E-state index is 13.2. The van der Waals surface area contributed by atoms with E-state index in [9.17, 15) is 9.18 Å². The summed E-state index contributed by atoms with van der Waals surface area (Å²) < 4.78 is 14.9. The zero-order valence-electron chi connectivity index (χ0n) is 17.7. The van der Waals surface area contributed by atoms with Gasteiger partial charge in [-0.05, 0) is 62.4 Å². The van der Waals surface area contributed by atoms with Crippen LogP contribution in [-0.2, 0) is 0 Å². The molecule has 0 aliphatic carbocycles. The van der Waals surface area contributed by atoms with E-state index in [1.165, 1.54) is 23.5 Å². The van der Waals surface area contributed by atoms with Crippen LogP contribution in [0.5, 0.6) is 0 Å². The van der Waals surface area contributed by atoms with E-state index in [1.54, 1.807) is 34.8 Å². The fraction of sp³-hybridized carbons (Fsp3) is 0.0870. The summed E-state index contributed by atoms with van der Waals surface area (Å²) in [7, 11) is 0. The Morgan fingerprint density at radius 3 is 2.48 bits per heavy atom. The third kappa shape index (κ3) is 4.41. The second-order valence-electron chi connectivity index (χ2n) is 7.39. The molecule has 0 atom stereocenters. The van der Waals surface area contributed by atoms with Gasteiger partial charge in [-0.15, -0.1) is 16.4 Å². The van der Waals surface area contributed by atoms with Crippen LogP contribution in [0.1, 0.15) is 21.7 Å². The molecule has 33 heavy (non-hydrogen) atoms. The first-order valence-corrected chi connectivity index (χ1v) is 10.9. The van der Waals surface area contributed by atoms with Gasteiger partial charge in [0, 0.05) is 33.6 Å². The van der Waals surface area contributed by atoms with Crippen LogP contribution >= 0.6 is 11.3 Å². The Labute approximate surface area is 192 Å². The van der Waals surface area contributed by atoms with Gasteiger partial charge in [0.2, 0.25) is 10.9 Å². The first kappa shape index (κ1) is 20.7. The minimum Gasteiger partial charge on any atom is -0.324 e. The summed E-state index contributed by atoms with van der Waals surface area (Å²) in [4.78, 5) is 26.5. The van der Waals surface area contributed by atoms with Crippen molar-refractivity contribution < 1.29 is 9.18 Å². The van der Waals surface area contributed by atoms with E-state index in [0.29, 0.717) is 22.2 Å². The average molecular weight is 460 g/mol. The Kier molecular flexibility index (Phi) is 5.27. The van der Waals surface area contributed by atoms with Crippen molar-refractivity contribution in [3.63, 3.8) is 0 Å². The van der Waals surface area contributed by atoms with Gasteiger partial charge in [0.15, 0.2) is 0 Å². The lowest BCUT2D eigenvalue weighted by Crippen LogP contribution is -2.13. The summed E-state index contributed by atoms with van der Waals surface area (Å²) in [6.07, 6.45) is 0. The molecule has 8 nitrogen and oxygen atoms in total. The first-order valence-electron chi connectivity index (χ1n) is 10.1. The van der Waals surface area contributed by atoms with Crippen molar-refractivity contribution in [2.24, 2.45) is 0 Å². The molecule has 0 aliphatic heterocycles. The van der Waals surface area contributed by atoms with Crippen LogP contribution in [0.3, 0.4) is 0 Å². The molecule has 0 saturated carbocycles. The number of hydrogen-bond acceptors (Lipinski definition) is 7. The number of nitrogens with one attached hydrogen (secondary N) is 2. The van der Waals surface area contributed by atoms with Gasteiger partial charge >= 0.3 is 0 Å². The molecule has 1 amide bonds. The van der Waals surface area contributed by atoms with Crippen LogP contribution in [0.25, 0.3) is 16.2 Å². The minimum atomic E-state index is -0.346. The van der Waals surface area contributed by atoms with Crippen molar-refractivity contribution in [3.05, 3.63) is 82.7 Å². The lowest BCUT2D eigenvalue weighted by Gasteiger charge is -2.08. The van der Waals surface area contributed by atoms with E-state index in [0.717, 1.165) is 22.6 Å². The fourth-order valence-electron chi connectivity index (χ4n) is 3.38. The molecular weight excluding hydrogens is 441 g/mol. The lowest BCUT2D eigenvalue weighted by molar-refractivity contribution is 0.102. The molecule has 3 aromatic heterocycles. The number of benzene rings is 2. The number of nitrogens with zero attached hydrogens (tertiary/aromatic N) is 5. The SMILES string of the molecule is Cc1cc(C)nc(Nc2cccc(C(=O)Nc3nc4scc(-c5ccc(F)cc5)n4n3)c2)n1. The monoisotopic (exact) mass is 459 g/mol. The molecule has 3 heterocycles. The second kappa shape index (κ2) is 8.40. The number of hydrogen-bond donors (Lipinski definition) is 2. The smallest absolute Gasteiger partial charge is 0.258 e. The largest absolute Gasteiger partial charge is 0.324 e. The molecule has 0 bridgehead atoms. The number of aryl methyl sites for hydroxylation is 2. The topological polar surface area (TPSA) is 97.1 Å². The van der Waals surface area contributed by atoms with Gasteiger partial charge in [0.1, 0.15) is 5.82 Å². The third-order valence-corrected chi connectivity index (χ3v) is 5.63. The first-order chi connectivity index (χ1) is 15.9. The summed E-state index contributed by atoms with van der Waals surface area (Å²) in [6.45, 7) is 3.79. The zero-order valence-corrected chi connectivity index (χ0v) is 18.5. The average Bonchev–Trinajstić information content (AvgIpc) is 3.34. The van der Waals surface area contributed by atoms with Gasteiger partial charge in [-0.25, -0.2) is 18.9 Å². The van der Waals surface area contributed by atoms with E-state index in [2.05, 4.69) is 30.7 Å². The zero-order chi connectivity index (χ0) is 22.9. The summed E-state index contributed by atoms with van der Waals surface area (Å²) >= 11 is 1.38. The molecule has 0 spiro atoms. The fourth-order valence-corrected chi connectivity index (χ4v) is 4.21. The van der Waals surface area contributed by atoms with Crippen LogP contribution in [0.2, 0.25) is 0 Å². The van der Waals surface area contributed by atoms with Gasteiger partial charge < -0.3 is 5.32 Å². The Bertz CT molecular complexity index is 1460. The quantitative estimate of drug-likeness (QED) is 0.384. The predicted octanol–water partition coefficient (Wildman–Crippen LogP) is 5.00. The Balaban J connectivity index is 1.35. The summed E-state index contributed by atoms with van der Waals surface area (Å²) in [5, 5.41) is 12.2. The standard InChI is InChI=1S/C23H18FN7OS/c1-13-10-14(2)26-21(25-13)27-18-5-3-4-16(11-18)20(32)28-22-29-23-31(30-22)19(12-33-23)15-6-8-17(24)9-7-15/h3-12H,1-2H3,(H,25,26,27)(H,28,30,32). The molecule has 0 aliphatic rings. The van der Waals surface area contributed by atoms with Crippen molar-refractivity contribution >= 4 is 39.8 Å². The lowest BCUT2D eigenvalue weighted by atomic mass is 10.2. The van der Waals surface area contributed by atoms with Crippen molar-refractivity contribution in [1.29, 1.82) is 0 Å². The molecule has 0 saturated heterocycles. The molecule has 2 N–H and O–H groups in total. The van der Waals surface area contributed by atoms with E-state index in [4.69, 9.17) is 0 Å². The van der Waals surface area contributed by atoms with Crippen LogP contribution in [0, 0.1) is 19.7 Å². The maximum Gasteiger partial charge on any atom is 0.258 e. The Hall–Kier alpha value is -4.18. The third-order valence-electron chi connectivity index (χ3n) is 4.81.